The maximum atomic E-state index is 11.6. The van der Waals surface area contributed by atoms with Crippen LogP contribution in [0.15, 0.2) is 0 Å². The van der Waals surface area contributed by atoms with Crippen LogP contribution < -0.4 is 5.32 Å². The number of carboxylic acid groups (broad SMARTS) is 1. The first-order valence-electron chi connectivity index (χ1n) is 5.19. The summed E-state index contributed by atoms with van der Waals surface area (Å²) in [6.45, 7) is 6.39. The van der Waals surface area contributed by atoms with Crippen LogP contribution >= 0.6 is 0 Å². The predicted octanol–water partition coefficient (Wildman–Crippen LogP) is -0.0841. The molecule has 0 spiro atoms. The number of hydrogen-bond acceptors (Lipinski definition) is 3. The number of nitrogens with one attached hydrogen (secondary N) is 1. The van der Waals surface area contributed by atoms with Gasteiger partial charge in [0.25, 0.3) is 0 Å². The van der Waals surface area contributed by atoms with Crippen LogP contribution in [-0.4, -0.2) is 47.1 Å². The molecule has 2 unspecified atom stereocenters. The molecule has 1 aliphatic rings. The SMILES string of the molecule is CC(C)N1CC(C(=O)O)CNC(=O)C1C. The van der Waals surface area contributed by atoms with E-state index in [9.17, 15) is 9.59 Å². The summed E-state index contributed by atoms with van der Waals surface area (Å²) in [5.74, 6) is -1.45. The van der Waals surface area contributed by atoms with Crippen molar-refractivity contribution < 1.29 is 14.7 Å². The molecule has 2 atom stereocenters. The molecule has 15 heavy (non-hydrogen) atoms. The Morgan fingerprint density at radius 3 is 2.67 bits per heavy atom. The lowest BCUT2D eigenvalue weighted by Gasteiger charge is -2.30. The molecule has 0 bridgehead atoms. The van der Waals surface area contributed by atoms with Gasteiger partial charge in [-0.05, 0) is 20.8 Å². The van der Waals surface area contributed by atoms with E-state index in [0.29, 0.717) is 6.54 Å². The highest BCUT2D eigenvalue weighted by Gasteiger charge is 2.32. The van der Waals surface area contributed by atoms with E-state index < -0.39 is 11.9 Å². The maximum Gasteiger partial charge on any atom is 0.309 e. The van der Waals surface area contributed by atoms with Gasteiger partial charge in [0.1, 0.15) is 0 Å². The Hall–Kier alpha value is -1.10. The summed E-state index contributed by atoms with van der Waals surface area (Å²) >= 11 is 0. The molecule has 5 heteroatoms. The second-order valence-corrected chi connectivity index (χ2v) is 4.25. The first-order valence-corrected chi connectivity index (χ1v) is 5.19. The highest BCUT2D eigenvalue weighted by molar-refractivity contribution is 5.83. The van der Waals surface area contributed by atoms with Gasteiger partial charge >= 0.3 is 5.97 Å². The molecule has 2 N–H and O–H groups in total. The fourth-order valence-corrected chi connectivity index (χ4v) is 1.82. The zero-order valence-electron chi connectivity index (χ0n) is 9.36. The van der Waals surface area contributed by atoms with Crippen LogP contribution in [0, 0.1) is 5.92 Å². The van der Waals surface area contributed by atoms with Gasteiger partial charge in [0, 0.05) is 19.1 Å². The van der Waals surface area contributed by atoms with Crippen LogP contribution in [0.25, 0.3) is 0 Å². The van der Waals surface area contributed by atoms with Crippen molar-refractivity contribution >= 4 is 11.9 Å². The van der Waals surface area contributed by atoms with Crippen LogP contribution in [-0.2, 0) is 9.59 Å². The Morgan fingerprint density at radius 2 is 2.20 bits per heavy atom. The smallest absolute Gasteiger partial charge is 0.309 e. The third-order valence-corrected chi connectivity index (χ3v) is 2.84. The molecular weight excluding hydrogens is 196 g/mol. The summed E-state index contributed by atoms with van der Waals surface area (Å²) in [5, 5.41) is 11.6. The van der Waals surface area contributed by atoms with E-state index in [1.807, 2.05) is 18.7 Å². The highest BCUT2D eigenvalue weighted by atomic mass is 16.4. The molecular formula is C10H18N2O3. The normalized spacial score (nSPS) is 28.7. The number of carboxylic acids is 1. The van der Waals surface area contributed by atoms with Gasteiger partial charge in [-0.1, -0.05) is 0 Å². The Morgan fingerprint density at radius 1 is 1.60 bits per heavy atom. The molecule has 86 valence electrons. The quantitative estimate of drug-likeness (QED) is 0.674. The van der Waals surface area contributed by atoms with Crippen molar-refractivity contribution in [1.29, 1.82) is 0 Å². The zero-order chi connectivity index (χ0) is 11.6. The Balaban J connectivity index is 2.82. The number of aliphatic carboxylic acids is 1. The van der Waals surface area contributed by atoms with Gasteiger partial charge in [0.15, 0.2) is 0 Å². The first kappa shape index (κ1) is 12.0. The van der Waals surface area contributed by atoms with Crippen LogP contribution in [0.4, 0.5) is 0 Å². The molecule has 1 fully saturated rings. The molecule has 0 aromatic rings. The lowest BCUT2D eigenvalue weighted by atomic mass is 10.1. The second kappa shape index (κ2) is 4.61. The van der Waals surface area contributed by atoms with Gasteiger partial charge in [-0.25, -0.2) is 0 Å². The molecule has 5 nitrogen and oxygen atoms in total. The summed E-state index contributed by atoms with van der Waals surface area (Å²) in [5.41, 5.74) is 0. The number of amides is 1. The minimum Gasteiger partial charge on any atom is -0.481 e. The lowest BCUT2D eigenvalue weighted by molar-refractivity contribution is -0.142. The Bertz CT molecular complexity index is 265. The van der Waals surface area contributed by atoms with Gasteiger partial charge in [-0.15, -0.1) is 0 Å². The van der Waals surface area contributed by atoms with Crippen molar-refractivity contribution in [2.75, 3.05) is 13.1 Å². The molecule has 0 aromatic carbocycles. The van der Waals surface area contributed by atoms with Crippen molar-refractivity contribution in [1.82, 2.24) is 10.2 Å². The molecule has 1 saturated heterocycles. The van der Waals surface area contributed by atoms with E-state index in [-0.39, 0.29) is 24.5 Å². The summed E-state index contributed by atoms with van der Waals surface area (Å²) < 4.78 is 0. The van der Waals surface area contributed by atoms with Crippen molar-refractivity contribution in [2.24, 2.45) is 5.92 Å². The van der Waals surface area contributed by atoms with Crippen molar-refractivity contribution in [2.45, 2.75) is 32.9 Å². The third-order valence-electron chi connectivity index (χ3n) is 2.84. The van der Waals surface area contributed by atoms with E-state index in [4.69, 9.17) is 5.11 Å². The van der Waals surface area contributed by atoms with E-state index >= 15 is 0 Å². The van der Waals surface area contributed by atoms with Crippen molar-refractivity contribution in [3.05, 3.63) is 0 Å². The van der Waals surface area contributed by atoms with Gasteiger partial charge < -0.3 is 10.4 Å². The van der Waals surface area contributed by atoms with Crippen LogP contribution in [0.1, 0.15) is 20.8 Å². The van der Waals surface area contributed by atoms with E-state index in [0.717, 1.165) is 0 Å². The van der Waals surface area contributed by atoms with Crippen molar-refractivity contribution in [3.8, 4) is 0 Å². The van der Waals surface area contributed by atoms with Crippen LogP contribution in [0.2, 0.25) is 0 Å². The minimum atomic E-state index is -0.852. The number of carbonyl (C=O) groups is 2. The maximum absolute atomic E-state index is 11.6. The Kier molecular flexibility index (Phi) is 3.68. The van der Waals surface area contributed by atoms with E-state index in [2.05, 4.69) is 5.32 Å². The summed E-state index contributed by atoms with van der Waals surface area (Å²) in [7, 11) is 0. The molecule has 1 rings (SSSR count). The number of carbonyl (C=O) groups excluding carboxylic acids is 1. The fraction of sp³-hybridized carbons (Fsp3) is 0.800. The average molecular weight is 214 g/mol. The molecule has 0 aliphatic carbocycles. The molecule has 1 amide bonds. The van der Waals surface area contributed by atoms with Crippen molar-refractivity contribution in [3.63, 3.8) is 0 Å². The number of hydrogen-bond donors (Lipinski definition) is 2. The highest BCUT2D eigenvalue weighted by Crippen LogP contribution is 2.13. The van der Waals surface area contributed by atoms with Gasteiger partial charge in [-0.3, -0.25) is 14.5 Å². The van der Waals surface area contributed by atoms with E-state index in [1.54, 1.807) is 6.92 Å². The van der Waals surface area contributed by atoms with Crippen LogP contribution in [0.5, 0.6) is 0 Å². The first-order chi connectivity index (χ1) is 6.93. The fourth-order valence-electron chi connectivity index (χ4n) is 1.82. The summed E-state index contributed by atoms with van der Waals surface area (Å²) in [6, 6.07) is -0.0833. The largest absolute Gasteiger partial charge is 0.481 e. The standard InChI is InChI=1S/C10H18N2O3/c1-6(2)12-5-8(10(14)15)4-11-9(13)7(12)3/h6-8H,4-5H2,1-3H3,(H,11,13)(H,14,15). The average Bonchev–Trinajstić information content (AvgIpc) is 2.28. The topological polar surface area (TPSA) is 69.6 Å². The van der Waals surface area contributed by atoms with Crippen LogP contribution in [0.3, 0.4) is 0 Å². The third kappa shape index (κ3) is 2.68. The lowest BCUT2D eigenvalue weighted by Crippen LogP contribution is -2.46. The predicted molar refractivity (Wildman–Crippen MR) is 55.4 cm³/mol. The summed E-state index contributed by atoms with van der Waals surface area (Å²) in [6.07, 6.45) is 0. The number of rotatable bonds is 2. The molecule has 0 radical (unpaired) electrons. The second-order valence-electron chi connectivity index (χ2n) is 4.25. The molecule has 1 heterocycles. The van der Waals surface area contributed by atoms with Gasteiger partial charge in [-0.2, -0.15) is 0 Å². The molecule has 0 aromatic heterocycles. The van der Waals surface area contributed by atoms with Gasteiger partial charge in [0.05, 0.1) is 12.0 Å². The molecule has 0 saturated carbocycles. The Labute approximate surface area is 89.4 Å². The summed E-state index contributed by atoms with van der Waals surface area (Å²) in [4.78, 5) is 24.4. The monoisotopic (exact) mass is 214 g/mol. The van der Waals surface area contributed by atoms with Gasteiger partial charge in [0.2, 0.25) is 5.91 Å². The minimum absolute atomic E-state index is 0.0903. The number of nitrogens with zero attached hydrogens (tertiary/aromatic N) is 1. The van der Waals surface area contributed by atoms with E-state index in [1.165, 1.54) is 0 Å². The zero-order valence-corrected chi connectivity index (χ0v) is 9.36. The molecule has 1 aliphatic heterocycles.